The van der Waals surface area contributed by atoms with Crippen molar-refractivity contribution in [3.05, 3.63) is 35.6 Å². The number of aliphatic hydroxyl groups is 1. The predicted octanol–water partition coefficient (Wildman–Crippen LogP) is 1.74. The number of piperidine rings is 1. The van der Waals surface area contributed by atoms with E-state index in [1.54, 1.807) is 12.1 Å². The molecule has 0 spiro atoms. The molecule has 76 valence electrons. The molecule has 3 heteroatoms. The van der Waals surface area contributed by atoms with Gasteiger partial charge in [-0.1, -0.05) is 12.1 Å². The molecule has 1 unspecified atom stereocenters. The molecule has 0 radical (unpaired) electrons. The van der Waals surface area contributed by atoms with E-state index in [4.69, 9.17) is 0 Å². The van der Waals surface area contributed by atoms with Crippen LogP contribution in [0.25, 0.3) is 0 Å². The van der Waals surface area contributed by atoms with Crippen LogP contribution in [0.5, 0.6) is 0 Å². The Balaban J connectivity index is 2.28. The topological polar surface area (TPSA) is 32.3 Å². The first-order valence-electron chi connectivity index (χ1n) is 4.94. The highest BCUT2D eigenvalue weighted by Crippen LogP contribution is 2.27. The highest BCUT2D eigenvalue weighted by Gasteiger charge is 2.30. The number of hydrogen-bond acceptors (Lipinski definition) is 2. The molecule has 0 amide bonds. The molecule has 14 heavy (non-hydrogen) atoms. The van der Waals surface area contributed by atoms with E-state index in [-0.39, 0.29) is 5.82 Å². The van der Waals surface area contributed by atoms with Crippen LogP contribution in [-0.4, -0.2) is 11.7 Å². The van der Waals surface area contributed by atoms with Gasteiger partial charge in [0.25, 0.3) is 0 Å². The minimum atomic E-state index is -1.03. The second kappa shape index (κ2) is 3.67. The molecule has 2 nitrogen and oxygen atoms in total. The van der Waals surface area contributed by atoms with E-state index in [1.165, 1.54) is 12.1 Å². The molecule has 1 fully saturated rings. The van der Waals surface area contributed by atoms with Crippen molar-refractivity contribution < 1.29 is 9.50 Å². The SMILES string of the molecule is OC1(c2cccc(F)c2)CCCCN1. The second-order valence-corrected chi connectivity index (χ2v) is 3.75. The lowest BCUT2D eigenvalue weighted by Crippen LogP contribution is -2.45. The quantitative estimate of drug-likeness (QED) is 0.715. The lowest BCUT2D eigenvalue weighted by molar-refractivity contribution is -0.0243. The Kier molecular flexibility index (Phi) is 2.52. The van der Waals surface area contributed by atoms with Crippen LogP contribution in [0.1, 0.15) is 24.8 Å². The van der Waals surface area contributed by atoms with E-state index in [0.717, 1.165) is 19.4 Å². The molecule has 2 N–H and O–H groups in total. The van der Waals surface area contributed by atoms with E-state index in [2.05, 4.69) is 5.32 Å². The predicted molar refractivity (Wildman–Crippen MR) is 52.2 cm³/mol. The summed E-state index contributed by atoms with van der Waals surface area (Å²) in [6.45, 7) is 0.785. The normalized spacial score (nSPS) is 27.6. The molecule has 1 heterocycles. The fraction of sp³-hybridized carbons (Fsp3) is 0.455. The molecule has 1 aliphatic rings. The molecule has 1 aromatic rings. The highest BCUT2D eigenvalue weighted by atomic mass is 19.1. The summed E-state index contributed by atoms with van der Waals surface area (Å²) >= 11 is 0. The fourth-order valence-electron chi connectivity index (χ4n) is 1.88. The van der Waals surface area contributed by atoms with Crippen molar-refractivity contribution >= 4 is 0 Å². The molecule has 0 saturated carbocycles. The summed E-state index contributed by atoms with van der Waals surface area (Å²) in [4.78, 5) is 0. The maximum Gasteiger partial charge on any atom is 0.142 e. The number of hydrogen-bond donors (Lipinski definition) is 2. The van der Waals surface area contributed by atoms with Crippen molar-refractivity contribution in [2.24, 2.45) is 0 Å². The molecule has 0 aromatic heterocycles. The molecule has 1 atom stereocenters. The summed E-state index contributed by atoms with van der Waals surface area (Å²) in [5, 5.41) is 13.2. The zero-order valence-corrected chi connectivity index (χ0v) is 7.96. The minimum absolute atomic E-state index is 0.303. The Morgan fingerprint density at radius 1 is 1.36 bits per heavy atom. The zero-order chi connectivity index (χ0) is 10.0. The van der Waals surface area contributed by atoms with Crippen LogP contribution in [0.3, 0.4) is 0 Å². The summed E-state index contributed by atoms with van der Waals surface area (Å²) in [6.07, 6.45) is 2.69. The summed E-state index contributed by atoms with van der Waals surface area (Å²) < 4.78 is 13.0. The zero-order valence-electron chi connectivity index (χ0n) is 7.96. The fourth-order valence-corrected chi connectivity index (χ4v) is 1.88. The Bertz CT molecular complexity index is 321. The molecule has 2 rings (SSSR count). The molecule has 1 aromatic carbocycles. The average Bonchev–Trinajstić information content (AvgIpc) is 2.19. The van der Waals surface area contributed by atoms with Crippen molar-refractivity contribution in [3.8, 4) is 0 Å². The Morgan fingerprint density at radius 2 is 2.21 bits per heavy atom. The molecular weight excluding hydrogens is 181 g/mol. The van der Waals surface area contributed by atoms with Crippen molar-refractivity contribution in [2.45, 2.75) is 25.0 Å². The van der Waals surface area contributed by atoms with Crippen LogP contribution in [0.4, 0.5) is 4.39 Å². The third-order valence-corrected chi connectivity index (χ3v) is 2.68. The van der Waals surface area contributed by atoms with Gasteiger partial charge >= 0.3 is 0 Å². The Hall–Kier alpha value is -0.930. The summed E-state index contributed by atoms with van der Waals surface area (Å²) in [7, 11) is 0. The van der Waals surface area contributed by atoms with Gasteiger partial charge in [0.15, 0.2) is 0 Å². The molecule has 1 aliphatic heterocycles. The third kappa shape index (κ3) is 1.79. The van der Waals surface area contributed by atoms with Gasteiger partial charge < -0.3 is 5.11 Å². The lowest BCUT2D eigenvalue weighted by atomic mass is 9.93. The second-order valence-electron chi connectivity index (χ2n) is 3.75. The minimum Gasteiger partial charge on any atom is -0.372 e. The van der Waals surface area contributed by atoms with Crippen LogP contribution >= 0.6 is 0 Å². The van der Waals surface area contributed by atoms with Gasteiger partial charge in [0.1, 0.15) is 11.5 Å². The van der Waals surface area contributed by atoms with E-state index in [0.29, 0.717) is 12.0 Å². The van der Waals surface area contributed by atoms with Crippen LogP contribution < -0.4 is 5.32 Å². The maximum absolute atomic E-state index is 13.0. The molecular formula is C11H14FNO. The summed E-state index contributed by atoms with van der Waals surface area (Å²) in [5.41, 5.74) is -0.405. The van der Waals surface area contributed by atoms with Crippen LogP contribution in [0.15, 0.2) is 24.3 Å². The van der Waals surface area contributed by atoms with E-state index < -0.39 is 5.72 Å². The van der Waals surface area contributed by atoms with Gasteiger partial charge in [-0.2, -0.15) is 0 Å². The monoisotopic (exact) mass is 195 g/mol. The van der Waals surface area contributed by atoms with Crippen molar-refractivity contribution in [1.82, 2.24) is 5.32 Å². The molecule has 1 saturated heterocycles. The number of benzene rings is 1. The van der Waals surface area contributed by atoms with Crippen molar-refractivity contribution in [1.29, 1.82) is 0 Å². The van der Waals surface area contributed by atoms with Crippen molar-refractivity contribution in [2.75, 3.05) is 6.54 Å². The molecule has 0 bridgehead atoms. The lowest BCUT2D eigenvalue weighted by Gasteiger charge is -2.33. The maximum atomic E-state index is 13.0. The van der Waals surface area contributed by atoms with Gasteiger partial charge in [-0.25, -0.2) is 4.39 Å². The number of halogens is 1. The number of rotatable bonds is 1. The van der Waals surface area contributed by atoms with Gasteiger partial charge in [-0.15, -0.1) is 0 Å². The Labute approximate surface area is 82.8 Å². The van der Waals surface area contributed by atoms with E-state index in [1.807, 2.05) is 0 Å². The van der Waals surface area contributed by atoms with Crippen LogP contribution in [0, 0.1) is 5.82 Å². The largest absolute Gasteiger partial charge is 0.372 e. The first kappa shape index (κ1) is 9.62. The van der Waals surface area contributed by atoms with E-state index >= 15 is 0 Å². The first-order chi connectivity index (χ1) is 6.71. The van der Waals surface area contributed by atoms with Gasteiger partial charge in [0, 0.05) is 5.56 Å². The van der Waals surface area contributed by atoms with Gasteiger partial charge in [-0.3, -0.25) is 5.32 Å². The standard InChI is InChI=1S/C11H14FNO/c12-10-5-3-4-9(8-10)11(14)6-1-2-7-13-11/h3-5,8,13-14H,1-2,6-7H2. The summed E-state index contributed by atoms with van der Waals surface area (Å²) in [5.74, 6) is -0.303. The smallest absolute Gasteiger partial charge is 0.142 e. The van der Waals surface area contributed by atoms with E-state index in [9.17, 15) is 9.50 Å². The summed E-state index contributed by atoms with van der Waals surface area (Å²) in [6, 6.07) is 6.15. The number of nitrogens with one attached hydrogen (secondary N) is 1. The van der Waals surface area contributed by atoms with Crippen LogP contribution in [0.2, 0.25) is 0 Å². The van der Waals surface area contributed by atoms with Crippen molar-refractivity contribution in [3.63, 3.8) is 0 Å². The molecule has 0 aliphatic carbocycles. The average molecular weight is 195 g/mol. The first-order valence-corrected chi connectivity index (χ1v) is 4.94. The van der Waals surface area contributed by atoms with Gasteiger partial charge in [-0.05, 0) is 37.9 Å². The van der Waals surface area contributed by atoms with Crippen LogP contribution in [-0.2, 0) is 5.72 Å². The third-order valence-electron chi connectivity index (χ3n) is 2.68. The Morgan fingerprint density at radius 3 is 2.86 bits per heavy atom. The van der Waals surface area contributed by atoms with Gasteiger partial charge in [0.05, 0.1) is 0 Å². The van der Waals surface area contributed by atoms with Gasteiger partial charge in [0.2, 0.25) is 0 Å². The highest BCUT2D eigenvalue weighted by molar-refractivity contribution is 5.23.